The summed E-state index contributed by atoms with van der Waals surface area (Å²) in [6.45, 7) is 22.4. The summed E-state index contributed by atoms with van der Waals surface area (Å²) in [5.41, 5.74) is 0.174. The number of alkyl carbamates (subject to hydrolysis) is 1. The lowest BCUT2D eigenvalue weighted by Crippen LogP contribution is -2.63. The van der Waals surface area contributed by atoms with Crippen LogP contribution in [0.15, 0.2) is 11.6 Å². The predicted octanol–water partition coefficient (Wildman–Crippen LogP) is 7.79. The summed E-state index contributed by atoms with van der Waals surface area (Å²) in [7, 11) is 0. The number of allylic oxidation sites excluding steroid dienone is 2. The van der Waals surface area contributed by atoms with Gasteiger partial charge in [0.15, 0.2) is 5.78 Å². The number of amides is 2. The lowest BCUT2D eigenvalue weighted by atomic mass is 9.36. The van der Waals surface area contributed by atoms with E-state index in [1.807, 2.05) is 20.8 Å². The van der Waals surface area contributed by atoms with Gasteiger partial charge >= 0.3 is 12.1 Å². The first-order chi connectivity index (χ1) is 22.2. The first-order valence-corrected chi connectivity index (χ1v) is 18.8. The lowest BCUT2D eigenvalue weighted by molar-refractivity contribution is -0.183. The van der Waals surface area contributed by atoms with Crippen molar-refractivity contribution < 1.29 is 28.7 Å². The molecule has 0 bridgehead atoms. The highest BCUT2D eigenvalue weighted by atomic mass is 16.6. The average molecular weight is 669 g/mol. The molecule has 0 aromatic heterocycles. The molecule has 4 saturated carbocycles. The van der Waals surface area contributed by atoms with E-state index in [-0.39, 0.29) is 45.4 Å². The van der Waals surface area contributed by atoms with E-state index in [1.54, 1.807) is 0 Å². The van der Waals surface area contributed by atoms with Crippen molar-refractivity contribution in [3.8, 4) is 0 Å². The predicted molar refractivity (Wildman–Crippen MR) is 187 cm³/mol. The second-order valence-corrected chi connectivity index (χ2v) is 19.0. The molecule has 48 heavy (non-hydrogen) atoms. The average Bonchev–Trinajstić information content (AvgIpc) is 2.95. The molecule has 9 atom stereocenters. The van der Waals surface area contributed by atoms with Crippen molar-refractivity contribution in [2.45, 2.75) is 139 Å². The summed E-state index contributed by atoms with van der Waals surface area (Å²) in [5.74, 6) is 1.44. The molecule has 0 aliphatic heterocycles. The van der Waals surface area contributed by atoms with E-state index in [4.69, 9.17) is 9.47 Å². The maximum atomic E-state index is 14.6. The van der Waals surface area contributed by atoms with Crippen LogP contribution in [0.2, 0.25) is 0 Å². The van der Waals surface area contributed by atoms with E-state index in [9.17, 15) is 19.2 Å². The number of hydrogen-bond donors (Lipinski definition) is 2. The third kappa shape index (κ3) is 6.59. The van der Waals surface area contributed by atoms with Crippen molar-refractivity contribution in [1.29, 1.82) is 0 Å². The molecule has 2 amide bonds. The van der Waals surface area contributed by atoms with Crippen LogP contribution in [0.5, 0.6) is 0 Å². The summed E-state index contributed by atoms with van der Waals surface area (Å²) in [6.07, 6.45) is 11.2. The molecule has 0 spiro atoms. The van der Waals surface area contributed by atoms with Crippen molar-refractivity contribution in [3.63, 3.8) is 0 Å². The van der Waals surface area contributed by atoms with Gasteiger partial charge in [-0.2, -0.15) is 0 Å². The van der Waals surface area contributed by atoms with Gasteiger partial charge in [-0.25, -0.2) is 4.79 Å². The minimum absolute atomic E-state index is 0.0108. The van der Waals surface area contributed by atoms with Crippen LogP contribution in [0.1, 0.15) is 133 Å². The number of esters is 1. The zero-order valence-electron chi connectivity index (χ0n) is 31.6. The molecule has 5 aliphatic rings. The fraction of sp³-hybridized carbons (Fsp3) is 0.850. The van der Waals surface area contributed by atoms with Crippen LogP contribution in [0.25, 0.3) is 0 Å². The Morgan fingerprint density at radius 2 is 1.52 bits per heavy atom. The van der Waals surface area contributed by atoms with Crippen molar-refractivity contribution in [1.82, 2.24) is 10.6 Å². The smallest absolute Gasteiger partial charge is 0.407 e. The summed E-state index contributed by atoms with van der Waals surface area (Å²) >= 11 is 0. The molecule has 8 nitrogen and oxygen atoms in total. The maximum Gasteiger partial charge on any atom is 0.407 e. The van der Waals surface area contributed by atoms with Crippen LogP contribution >= 0.6 is 0 Å². The molecule has 0 aromatic rings. The quantitative estimate of drug-likeness (QED) is 0.212. The van der Waals surface area contributed by atoms with E-state index in [0.29, 0.717) is 49.7 Å². The lowest BCUT2D eigenvalue weighted by Gasteiger charge is -2.67. The second-order valence-electron chi connectivity index (χ2n) is 19.0. The number of ether oxygens (including phenoxy) is 2. The van der Waals surface area contributed by atoms with Crippen molar-refractivity contribution in [2.75, 3.05) is 19.7 Å². The Balaban J connectivity index is 1.31. The molecule has 2 N–H and O–H groups in total. The summed E-state index contributed by atoms with van der Waals surface area (Å²) in [4.78, 5) is 52.0. The zero-order valence-corrected chi connectivity index (χ0v) is 31.6. The van der Waals surface area contributed by atoms with Gasteiger partial charge < -0.3 is 20.1 Å². The van der Waals surface area contributed by atoms with Crippen LogP contribution in [-0.4, -0.2) is 49.1 Å². The summed E-state index contributed by atoms with van der Waals surface area (Å²) in [5, 5.41) is 5.95. The maximum absolute atomic E-state index is 14.6. The SMILES string of the molecule is CC(=O)OCC1CC[C@]2(C)[C@H]3C(=O)C=C4C(CC[C@@]5(C)CC[C@](C)(C(=O)NCCCNC(=O)OC(C)(C)C)C[C@@H]45)[C@]3(C)CC[C@H]2C1(C)C. The molecule has 8 heteroatoms. The van der Waals surface area contributed by atoms with Gasteiger partial charge in [0, 0.05) is 31.3 Å². The Kier molecular flexibility index (Phi) is 9.79. The molecule has 2 unspecified atom stereocenters. The number of carbonyl (C=O) groups excluding carboxylic acids is 4. The first kappa shape index (κ1) is 36.9. The van der Waals surface area contributed by atoms with Gasteiger partial charge in [0.1, 0.15) is 5.60 Å². The number of rotatable bonds is 7. The van der Waals surface area contributed by atoms with Crippen molar-refractivity contribution >= 4 is 23.8 Å². The van der Waals surface area contributed by atoms with Crippen LogP contribution < -0.4 is 10.6 Å². The number of nitrogens with one attached hydrogen (secondary N) is 2. The molecular formula is C40H64N2O6. The molecule has 4 fully saturated rings. The zero-order chi connectivity index (χ0) is 35.5. The Morgan fingerprint density at radius 1 is 0.854 bits per heavy atom. The largest absolute Gasteiger partial charge is 0.466 e. The number of fused-ring (bicyclic) bond motifs is 7. The van der Waals surface area contributed by atoms with Gasteiger partial charge in [-0.15, -0.1) is 0 Å². The van der Waals surface area contributed by atoms with Crippen LogP contribution in [-0.2, 0) is 23.9 Å². The van der Waals surface area contributed by atoms with Crippen LogP contribution in [0.3, 0.4) is 0 Å². The highest BCUT2D eigenvalue weighted by Crippen LogP contribution is 2.72. The first-order valence-electron chi connectivity index (χ1n) is 18.8. The number of carbonyl (C=O) groups is 4. The third-order valence-corrected chi connectivity index (χ3v) is 14.4. The van der Waals surface area contributed by atoms with Crippen molar-refractivity contribution in [2.24, 2.45) is 56.7 Å². The fourth-order valence-corrected chi connectivity index (χ4v) is 11.7. The Labute approximate surface area is 289 Å². The molecule has 270 valence electrons. The minimum Gasteiger partial charge on any atom is -0.466 e. The van der Waals surface area contributed by atoms with Crippen LogP contribution in [0, 0.1) is 56.7 Å². The van der Waals surface area contributed by atoms with Gasteiger partial charge in [-0.3, -0.25) is 14.4 Å². The Morgan fingerprint density at radius 3 is 2.19 bits per heavy atom. The highest BCUT2D eigenvalue weighted by Gasteiger charge is 2.67. The summed E-state index contributed by atoms with van der Waals surface area (Å²) < 4.78 is 10.8. The normalized spacial score (nSPS) is 40.2. The highest BCUT2D eigenvalue weighted by molar-refractivity contribution is 5.95. The van der Waals surface area contributed by atoms with Crippen LogP contribution in [0.4, 0.5) is 4.79 Å². The molecule has 0 heterocycles. The van der Waals surface area contributed by atoms with E-state index >= 15 is 0 Å². The fourth-order valence-electron chi connectivity index (χ4n) is 11.7. The van der Waals surface area contributed by atoms with E-state index in [1.165, 1.54) is 12.5 Å². The minimum atomic E-state index is -0.543. The van der Waals surface area contributed by atoms with Crippen molar-refractivity contribution in [3.05, 3.63) is 11.6 Å². The number of hydrogen-bond acceptors (Lipinski definition) is 6. The van der Waals surface area contributed by atoms with E-state index < -0.39 is 17.1 Å². The van der Waals surface area contributed by atoms with Gasteiger partial charge in [-0.1, -0.05) is 47.1 Å². The summed E-state index contributed by atoms with van der Waals surface area (Å²) in [6, 6.07) is 0. The van der Waals surface area contributed by atoms with E-state index in [0.717, 1.165) is 57.8 Å². The molecule has 5 aliphatic carbocycles. The standard InChI is InChI=1S/C40H64N2O6/c1-25(43)47-24-26-12-16-40(10)31(36(26,5)6)14-17-39(9)28-13-15-37(7)18-19-38(8,23-29(37)27(28)22-30(44)32(39)40)33(45)41-20-11-21-42-34(46)48-35(2,3)4/h22,26,28-29,31-32H,11-21,23-24H2,1-10H3,(H,41,45)(H,42,46)/t26?,28?,29-,31-,32-,37-,38-,39-,40-/m0/s1. The Hall–Kier alpha value is -2.38. The third-order valence-electron chi connectivity index (χ3n) is 14.4. The second kappa shape index (κ2) is 12.7. The van der Waals surface area contributed by atoms with Gasteiger partial charge in [0.25, 0.3) is 0 Å². The molecule has 0 aromatic carbocycles. The topological polar surface area (TPSA) is 111 Å². The Bertz CT molecular complexity index is 1330. The molecule has 0 saturated heterocycles. The molecule has 0 radical (unpaired) electrons. The van der Waals surface area contributed by atoms with Gasteiger partial charge in [0.05, 0.1) is 6.61 Å². The monoisotopic (exact) mass is 668 g/mol. The van der Waals surface area contributed by atoms with E-state index in [2.05, 4.69) is 58.3 Å². The molecular weight excluding hydrogens is 604 g/mol. The number of ketones is 1. The van der Waals surface area contributed by atoms with Gasteiger partial charge in [0.2, 0.25) is 5.91 Å². The van der Waals surface area contributed by atoms with Gasteiger partial charge in [-0.05, 0) is 136 Å². The molecule has 5 rings (SSSR count).